The van der Waals surface area contributed by atoms with Crippen molar-refractivity contribution in [3.05, 3.63) is 0 Å². The van der Waals surface area contributed by atoms with E-state index in [9.17, 15) is 9.59 Å². The maximum Gasteiger partial charge on any atom is 0.425 e. The highest BCUT2D eigenvalue weighted by molar-refractivity contribution is 5.86. The smallest absolute Gasteiger partial charge is 0.425 e. The quantitative estimate of drug-likeness (QED) is 0.248. The minimum Gasteiger partial charge on any atom is -0.458 e. The molecule has 1 amide bonds. The fourth-order valence-electron chi connectivity index (χ4n) is 1.48. The standard InChI is InChI=1S/C10H18N2O4/c1-3-4-5-6-15-10(14)12(11)8-7(2)16-9(8)13/h7-8H,3-6,11H2,1-2H3/t7-,8+/m0/s1. The first-order valence-corrected chi connectivity index (χ1v) is 5.49. The van der Waals surface area contributed by atoms with E-state index in [1.54, 1.807) is 6.92 Å². The topological polar surface area (TPSA) is 81.9 Å². The molecule has 1 heterocycles. The third-order valence-electron chi connectivity index (χ3n) is 2.47. The summed E-state index contributed by atoms with van der Waals surface area (Å²) in [6, 6.07) is -0.710. The van der Waals surface area contributed by atoms with Crippen LogP contribution in [0.25, 0.3) is 0 Å². The normalized spacial score (nSPS) is 23.3. The lowest BCUT2D eigenvalue weighted by atomic mass is 10.1. The second-order valence-electron chi connectivity index (χ2n) is 3.82. The van der Waals surface area contributed by atoms with Gasteiger partial charge in [-0.1, -0.05) is 19.8 Å². The molecule has 0 aliphatic carbocycles. The Hall–Kier alpha value is -1.30. The molecular formula is C10H18N2O4. The molecule has 0 unspecified atom stereocenters. The average Bonchev–Trinajstić information content (AvgIpc) is 2.23. The Kier molecular flexibility index (Phi) is 4.54. The Morgan fingerprint density at radius 1 is 1.56 bits per heavy atom. The Labute approximate surface area is 94.6 Å². The van der Waals surface area contributed by atoms with Crippen molar-refractivity contribution in [2.75, 3.05) is 6.61 Å². The minimum absolute atomic E-state index is 0.330. The number of amides is 1. The van der Waals surface area contributed by atoms with Crippen molar-refractivity contribution >= 4 is 12.1 Å². The molecule has 0 aromatic carbocycles. The predicted molar refractivity (Wildman–Crippen MR) is 56.2 cm³/mol. The molecule has 1 saturated heterocycles. The molecule has 0 radical (unpaired) electrons. The number of unbranched alkanes of at least 4 members (excludes halogenated alkanes) is 2. The van der Waals surface area contributed by atoms with E-state index in [0.29, 0.717) is 6.61 Å². The summed E-state index contributed by atoms with van der Waals surface area (Å²) in [6.07, 6.45) is 1.82. The van der Waals surface area contributed by atoms with Crippen LogP contribution in [0.1, 0.15) is 33.1 Å². The molecule has 1 rings (SSSR count). The molecule has 1 fully saturated rings. The van der Waals surface area contributed by atoms with Gasteiger partial charge in [0, 0.05) is 0 Å². The minimum atomic E-state index is -0.710. The van der Waals surface area contributed by atoms with E-state index in [-0.39, 0.29) is 6.10 Å². The highest BCUT2D eigenvalue weighted by Crippen LogP contribution is 2.18. The average molecular weight is 230 g/mol. The number of hydrazine groups is 1. The van der Waals surface area contributed by atoms with Crippen LogP contribution < -0.4 is 5.84 Å². The summed E-state index contributed by atoms with van der Waals surface area (Å²) in [5.74, 6) is 4.99. The third-order valence-corrected chi connectivity index (χ3v) is 2.47. The van der Waals surface area contributed by atoms with E-state index in [4.69, 9.17) is 15.3 Å². The molecule has 92 valence electrons. The molecule has 0 aromatic heterocycles. The molecule has 0 saturated carbocycles. The number of hydrogen-bond donors (Lipinski definition) is 1. The molecule has 6 nitrogen and oxygen atoms in total. The van der Waals surface area contributed by atoms with Gasteiger partial charge in [0.25, 0.3) is 0 Å². The molecule has 0 bridgehead atoms. The van der Waals surface area contributed by atoms with Crippen LogP contribution in [0.5, 0.6) is 0 Å². The Morgan fingerprint density at radius 3 is 2.75 bits per heavy atom. The van der Waals surface area contributed by atoms with Gasteiger partial charge in [-0.3, -0.25) is 0 Å². The first-order valence-electron chi connectivity index (χ1n) is 5.49. The number of carbonyl (C=O) groups is 2. The highest BCUT2D eigenvalue weighted by atomic mass is 16.6. The van der Waals surface area contributed by atoms with Crippen LogP contribution in [0, 0.1) is 0 Å². The van der Waals surface area contributed by atoms with Gasteiger partial charge >= 0.3 is 12.1 Å². The summed E-state index contributed by atoms with van der Waals surface area (Å²) in [5, 5.41) is 0.808. The zero-order valence-corrected chi connectivity index (χ0v) is 9.64. The Bertz CT molecular complexity index is 270. The molecule has 1 aliphatic heterocycles. The molecule has 2 atom stereocenters. The van der Waals surface area contributed by atoms with Gasteiger partial charge in [-0.05, 0) is 13.3 Å². The van der Waals surface area contributed by atoms with Crippen molar-refractivity contribution in [2.24, 2.45) is 5.84 Å². The van der Waals surface area contributed by atoms with Gasteiger partial charge in [0.05, 0.1) is 6.61 Å². The molecule has 0 spiro atoms. The third kappa shape index (κ3) is 2.85. The van der Waals surface area contributed by atoms with E-state index in [1.807, 2.05) is 0 Å². The lowest BCUT2D eigenvalue weighted by molar-refractivity contribution is -0.183. The summed E-state index contributed by atoms with van der Waals surface area (Å²) in [7, 11) is 0. The van der Waals surface area contributed by atoms with Crippen LogP contribution in [0.4, 0.5) is 4.79 Å². The van der Waals surface area contributed by atoms with Gasteiger partial charge in [-0.2, -0.15) is 0 Å². The number of cyclic esters (lactones) is 1. The number of nitrogens with two attached hydrogens (primary N) is 1. The first kappa shape index (κ1) is 12.8. The number of carbonyl (C=O) groups excluding carboxylic acids is 2. The predicted octanol–water partition coefficient (Wildman–Crippen LogP) is 0.803. The van der Waals surface area contributed by atoms with Crippen LogP contribution in [-0.4, -0.2) is 35.8 Å². The van der Waals surface area contributed by atoms with Crippen LogP contribution in [0.3, 0.4) is 0 Å². The molecular weight excluding hydrogens is 212 g/mol. The number of ether oxygens (including phenoxy) is 2. The highest BCUT2D eigenvalue weighted by Gasteiger charge is 2.45. The van der Waals surface area contributed by atoms with Crippen LogP contribution in [0.2, 0.25) is 0 Å². The number of rotatable bonds is 5. The fraction of sp³-hybridized carbons (Fsp3) is 0.800. The second-order valence-corrected chi connectivity index (χ2v) is 3.82. The second kappa shape index (κ2) is 5.69. The maximum atomic E-state index is 11.4. The van der Waals surface area contributed by atoms with Crippen molar-refractivity contribution in [3.63, 3.8) is 0 Å². The molecule has 2 N–H and O–H groups in total. The maximum absolute atomic E-state index is 11.4. The fourth-order valence-corrected chi connectivity index (χ4v) is 1.48. The van der Waals surface area contributed by atoms with Crippen LogP contribution >= 0.6 is 0 Å². The molecule has 16 heavy (non-hydrogen) atoms. The van der Waals surface area contributed by atoms with E-state index in [0.717, 1.165) is 24.3 Å². The summed E-state index contributed by atoms with van der Waals surface area (Å²) in [5.41, 5.74) is 0. The molecule has 6 heteroatoms. The van der Waals surface area contributed by atoms with Gasteiger partial charge in [0.1, 0.15) is 6.10 Å². The van der Waals surface area contributed by atoms with Crippen molar-refractivity contribution in [3.8, 4) is 0 Å². The lowest BCUT2D eigenvalue weighted by Crippen LogP contribution is -2.63. The van der Waals surface area contributed by atoms with Gasteiger partial charge in [0.2, 0.25) is 0 Å². The summed E-state index contributed by atoms with van der Waals surface area (Å²) in [6.45, 7) is 4.07. The summed E-state index contributed by atoms with van der Waals surface area (Å²) in [4.78, 5) is 22.4. The Balaban J connectivity index is 2.28. The number of hydrogen-bond acceptors (Lipinski definition) is 5. The SMILES string of the molecule is CCCCCOC(=O)N(N)[C@H]1C(=O)O[C@H]1C. The van der Waals surface area contributed by atoms with Crippen molar-refractivity contribution in [1.29, 1.82) is 0 Å². The van der Waals surface area contributed by atoms with E-state index >= 15 is 0 Å². The van der Waals surface area contributed by atoms with Crippen molar-refractivity contribution < 1.29 is 19.1 Å². The van der Waals surface area contributed by atoms with Crippen LogP contribution in [0.15, 0.2) is 0 Å². The first-order chi connectivity index (χ1) is 7.57. The largest absolute Gasteiger partial charge is 0.458 e. The lowest BCUT2D eigenvalue weighted by Gasteiger charge is -2.37. The number of nitrogens with zero attached hydrogens (tertiary/aromatic N) is 1. The van der Waals surface area contributed by atoms with Crippen molar-refractivity contribution in [2.45, 2.75) is 45.3 Å². The zero-order chi connectivity index (χ0) is 12.1. The van der Waals surface area contributed by atoms with E-state index in [1.165, 1.54) is 0 Å². The van der Waals surface area contributed by atoms with E-state index in [2.05, 4.69) is 6.92 Å². The summed E-state index contributed by atoms with van der Waals surface area (Å²) < 4.78 is 9.61. The number of esters is 1. The Morgan fingerprint density at radius 2 is 2.25 bits per heavy atom. The monoisotopic (exact) mass is 230 g/mol. The van der Waals surface area contributed by atoms with Gasteiger partial charge in [0.15, 0.2) is 6.04 Å². The van der Waals surface area contributed by atoms with Crippen molar-refractivity contribution in [1.82, 2.24) is 5.01 Å². The molecule has 0 aromatic rings. The van der Waals surface area contributed by atoms with E-state index < -0.39 is 18.1 Å². The van der Waals surface area contributed by atoms with Crippen LogP contribution in [-0.2, 0) is 14.3 Å². The zero-order valence-electron chi connectivity index (χ0n) is 9.64. The van der Waals surface area contributed by atoms with Gasteiger partial charge in [-0.25, -0.2) is 20.4 Å². The summed E-state index contributed by atoms with van der Waals surface area (Å²) >= 11 is 0. The van der Waals surface area contributed by atoms with Gasteiger partial charge < -0.3 is 9.47 Å². The van der Waals surface area contributed by atoms with Gasteiger partial charge in [-0.15, -0.1) is 0 Å². The molecule has 1 aliphatic rings.